The third-order valence-corrected chi connectivity index (χ3v) is 8.05. The third kappa shape index (κ3) is 12.7. The summed E-state index contributed by atoms with van der Waals surface area (Å²) in [5, 5.41) is 0.459. The number of hydrogen-bond donors (Lipinski definition) is 0. The first kappa shape index (κ1) is 35.9. The van der Waals surface area contributed by atoms with Gasteiger partial charge in [0.25, 0.3) is 5.91 Å². The highest BCUT2D eigenvalue weighted by Gasteiger charge is 2.27. The van der Waals surface area contributed by atoms with Crippen LogP contribution in [0.1, 0.15) is 105 Å². The van der Waals surface area contributed by atoms with E-state index >= 15 is 0 Å². The van der Waals surface area contributed by atoms with Crippen molar-refractivity contribution in [3.63, 3.8) is 0 Å². The number of para-hydroxylation sites is 1. The molecule has 8 heteroatoms. The molecule has 0 aliphatic carbocycles. The van der Waals surface area contributed by atoms with Crippen LogP contribution in [0.4, 0.5) is 4.79 Å². The Morgan fingerprint density at radius 3 is 2.11 bits per heavy atom. The van der Waals surface area contributed by atoms with Crippen LogP contribution in [0.15, 0.2) is 67.0 Å². The zero-order valence-electron chi connectivity index (χ0n) is 27.3. The topological polar surface area (TPSA) is 69.0 Å². The van der Waals surface area contributed by atoms with Gasteiger partial charge in [-0.1, -0.05) is 107 Å². The van der Waals surface area contributed by atoms with E-state index in [0.29, 0.717) is 28.7 Å². The van der Waals surface area contributed by atoms with Crippen molar-refractivity contribution >= 4 is 23.6 Å². The normalized spacial score (nSPS) is 10.8. The molecule has 3 aromatic rings. The van der Waals surface area contributed by atoms with Crippen LogP contribution in [-0.4, -0.2) is 30.6 Å². The molecule has 0 saturated heterocycles. The van der Waals surface area contributed by atoms with Crippen molar-refractivity contribution in [2.45, 2.75) is 97.1 Å². The van der Waals surface area contributed by atoms with E-state index in [9.17, 15) is 9.59 Å². The molecule has 0 unspecified atom stereocenters. The van der Waals surface area contributed by atoms with E-state index in [1.165, 1.54) is 71.3 Å². The Morgan fingerprint density at radius 1 is 0.800 bits per heavy atom. The van der Waals surface area contributed by atoms with Crippen molar-refractivity contribution in [1.82, 2.24) is 4.90 Å². The lowest BCUT2D eigenvalue weighted by Gasteiger charge is -2.21. The second-order valence-corrected chi connectivity index (χ2v) is 11.9. The number of aryl methyl sites for hydroxylation is 1. The summed E-state index contributed by atoms with van der Waals surface area (Å²) in [4.78, 5) is 27.9. The second-order valence-electron chi connectivity index (χ2n) is 11.5. The van der Waals surface area contributed by atoms with Crippen LogP contribution in [0.3, 0.4) is 0 Å². The van der Waals surface area contributed by atoms with Gasteiger partial charge in [0.15, 0.2) is 12.4 Å². The quantitative estimate of drug-likeness (QED) is 0.0912. The van der Waals surface area contributed by atoms with Gasteiger partial charge in [-0.25, -0.2) is 14.3 Å². The van der Waals surface area contributed by atoms with Crippen LogP contribution >= 0.6 is 11.6 Å². The number of carbonyl (C=O) groups excluding carboxylic acids is 2. The SMILES string of the molecule is CCCCCCCCCCCCCCOc1ccc(COC(=O)N(Cc2ccc[n+](C)c2)C(=O)c2ccccc2OC)cc1Cl. The van der Waals surface area contributed by atoms with Crippen LogP contribution in [0.25, 0.3) is 0 Å². The van der Waals surface area contributed by atoms with Gasteiger partial charge in [0, 0.05) is 11.6 Å². The number of pyridine rings is 1. The van der Waals surface area contributed by atoms with Crippen molar-refractivity contribution in [3.8, 4) is 11.5 Å². The number of benzene rings is 2. The van der Waals surface area contributed by atoms with Crippen LogP contribution < -0.4 is 14.0 Å². The first-order chi connectivity index (χ1) is 21.9. The summed E-state index contributed by atoms with van der Waals surface area (Å²) in [6, 6.07) is 15.9. The first-order valence-electron chi connectivity index (χ1n) is 16.4. The summed E-state index contributed by atoms with van der Waals surface area (Å²) in [5.74, 6) is 0.480. The maximum Gasteiger partial charge on any atom is 0.417 e. The molecule has 3 rings (SSSR count). The lowest BCUT2D eigenvalue weighted by Crippen LogP contribution is -2.38. The Kier molecular flexibility index (Phi) is 16.3. The highest BCUT2D eigenvalue weighted by molar-refractivity contribution is 6.32. The molecule has 2 aromatic carbocycles. The molecule has 0 atom stereocenters. The second kappa shape index (κ2) is 20.5. The van der Waals surface area contributed by atoms with Crippen molar-refractivity contribution in [2.75, 3.05) is 13.7 Å². The largest absolute Gasteiger partial charge is 0.496 e. The Morgan fingerprint density at radius 2 is 1.47 bits per heavy atom. The van der Waals surface area contributed by atoms with E-state index < -0.39 is 12.0 Å². The van der Waals surface area contributed by atoms with Gasteiger partial charge >= 0.3 is 6.09 Å². The highest BCUT2D eigenvalue weighted by atomic mass is 35.5. The molecule has 45 heavy (non-hydrogen) atoms. The Hall–Kier alpha value is -3.58. The van der Waals surface area contributed by atoms with E-state index in [-0.39, 0.29) is 18.7 Å². The number of hydrogen-bond acceptors (Lipinski definition) is 5. The predicted molar refractivity (Wildman–Crippen MR) is 179 cm³/mol. The molecule has 1 aromatic heterocycles. The van der Waals surface area contributed by atoms with Crippen LogP contribution in [0.2, 0.25) is 5.02 Å². The molecule has 0 fully saturated rings. The first-order valence-corrected chi connectivity index (χ1v) is 16.8. The van der Waals surface area contributed by atoms with Gasteiger partial charge in [0.2, 0.25) is 0 Å². The lowest BCUT2D eigenvalue weighted by molar-refractivity contribution is -0.672. The zero-order valence-corrected chi connectivity index (χ0v) is 28.0. The predicted octanol–water partition coefficient (Wildman–Crippen LogP) is 9.23. The number of aromatic nitrogens is 1. The van der Waals surface area contributed by atoms with E-state index in [1.807, 2.05) is 42.2 Å². The Labute approximate surface area is 274 Å². The lowest BCUT2D eigenvalue weighted by atomic mass is 10.1. The molecule has 0 aliphatic rings. The molecule has 2 amide bonds. The number of nitrogens with zero attached hydrogens (tertiary/aromatic N) is 2. The van der Waals surface area contributed by atoms with Gasteiger partial charge in [0.05, 0.1) is 30.8 Å². The summed E-state index contributed by atoms with van der Waals surface area (Å²) >= 11 is 6.50. The number of methoxy groups -OCH3 is 1. The number of amides is 2. The summed E-state index contributed by atoms with van der Waals surface area (Å²) in [5.41, 5.74) is 1.75. The number of rotatable bonds is 20. The van der Waals surface area contributed by atoms with Gasteiger partial charge in [0.1, 0.15) is 25.2 Å². The summed E-state index contributed by atoms with van der Waals surface area (Å²) in [7, 11) is 3.37. The summed E-state index contributed by atoms with van der Waals surface area (Å²) < 4.78 is 18.7. The molecule has 0 aliphatic heterocycles. The van der Waals surface area contributed by atoms with Crippen molar-refractivity contribution in [2.24, 2.45) is 7.05 Å². The molecular formula is C37H50ClN2O5+. The fourth-order valence-corrected chi connectivity index (χ4v) is 5.47. The van der Waals surface area contributed by atoms with Gasteiger partial charge in [-0.2, -0.15) is 0 Å². The van der Waals surface area contributed by atoms with Crippen LogP contribution in [-0.2, 0) is 24.9 Å². The minimum absolute atomic E-state index is 0.0387. The average molecular weight is 638 g/mol. The van der Waals surface area contributed by atoms with E-state index in [2.05, 4.69) is 6.92 Å². The minimum Gasteiger partial charge on any atom is -0.496 e. The Bertz CT molecular complexity index is 1330. The molecule has 0 radical (unpaired) electrons. The molecule has 0 saturated carbocycles. The zero-order chi connectivity index (χ0) is 32.3. The number of unbranched alkanes of at least 4 members (excludes halogenated alkanes) is 11. The third-order valence-electron chi connectivity index (χ3n) is 7.76. The summed E-state index contributed by atoms with van der Waals surface area (Å²) in [6.45, 7) is 2.87. The van der Waals surface area contributed by atoms with Gasteiger partial charge < -0.3 is 14.2 Å². The van der Waals surface area contributed by atoms with Gasteiger partial charge in [-0.05, 0) is 42.3 Å². The molecule has 244 valence electrons. The average Bonchev–Trinajstić information content (AvgIpc) is 3.05. The van der Waals surface area contributed by atoms with Crippen LogP contribution in [0.5, 0.6) is 11.5 Å². The molecule has 0 bridgehead atoms. The summed E-state index contributed by atoms with van der Waals surface area (Å²) in [6.07, 6.45) is 18.5. The minimum atomic E-state index is -0.763. The monoisotopic (exact) mass is 637 g/mol. The van der Waals surface area contributed by atoms with Crippen LogP contribution in [0, 0.1) is 0 Å². The molecule has 1 heterocycles. The number of carbonyl (C=O) groups is 2. The number of ether oxygens (including phenoxy) is 3. The standard InChI is InChI=1S/C37H50ClN2O5/c1-4-5-6-7-8-9-10-11-12-13-14-17-25-44-35-23-22-30(26-33(35)38)29-45-37(42)40(28-31-19-18-24-39(2)27-31)36(41)32-20-15-16-21-34(32)43-3/h15-16,18-24,26-27H,4-14,17,25,28-29H2,1-3H3/q+1. The van der Waals surface area contributed by atoms with Crippen molar-refractivity contribution in [3.05, 3.63) is 88.7 Å². The molecule has 7 nitrogen and oxygen atoms in total. The smallest absolute Gasteiger partial charge is 0.417 e. The van der Waals surface area contributed by atoms with E-state index in [1.54, 1.807) is 36.4 Å². The fourth-order valence-electron chi connectivity index (χ4n) is 5.21. The van der Waals surface area contributed by atoms with E-state index in [0.717, 1.165) is 23.3 Å². The molecular weight excluding hydrogens is 588 g/mol. The maximum atomic E-state index is 13.5. The maximum absolute atomic E-state index is 13.5. The number of imide groups is 1. The van der Waals surface area contributed by atoms with Gasteiger partial charge in [-0.15, -0.1) is 0 Å². The Balaban J connectivity index is 1.46. The fraction of sp³-hybridized carbons (Fsp3) is 0.486. The van der Waals surface area contributed by atoms with E-state index in [4.69, 9.17) is 25.8 Å². The molecule has 0 N–H and O–H groups in total. The van der Waals surface area contributed by atoms with Crippen molar-refractivity contribution in [1.29, 1.82) is 0 Å². The highest BCUT2D eigenvalue weighted by Crippen LogP contribution is 2.27. The van der Waals surface area contributed by atoms with Gasteiger partial charge in [-0.3, -0.25) is 4.79 Å². The number of halogens is 1. The molecule has 0 spiro atoms. The van der Waals surface area contributed by atoms with Crippen molar-refractivity contribution < 1.29 is 28.4 Å².